The van der Waals surface area contributed by atoms with Crippen molar-refractivity contribution in [2.75, 3.05) is 13.2 Å². The molecule has 1 N–H and O–H groups in total. The summed E-state index contributed by atoms with van der Waals surface area (Å²) in [5.41, 5.74) is 1.30. The molecule has 2 nitrogen and oxygen atoms in total. The van der Waals surface area contributed by atoms with Gasteiger partial charge in [-0.2, -0.15) is 0 Å². The van der Waals surface area contributed by atoms with Gasteiger partial charge < -0.3 is 10.1 Å². The van der Waals surface area contributed by atoms with Gasteiger partial charge in [0.15, 0.2) is 0 Å². The minimum atomic E-state index is 0.730. The van der Waals surface area contributed by atoms with Gasteiger partial charge in [0.05, 0.1) is 6.61 Å². The summed E-state index contributed by atoms with van der Waals surface area (Å²) in [5, 5.41) is 3.47. The third kappa shape index (κ3) is 6.32. The molecule has 0 heterocycles. The fourth-order valence-corrected chi connectivity index (χ4v) is 1.82. The van der Waals surface area contributed by atoms with Gasteiger partial charge in [-0.15, -0.1) is 0 Å². The smallest absolute Gasteiger partial charge is 0.119 e. The summed E-state index contributed by atoms with van der Waals surface area (Å²) in [6.45, 7) is 7.03. The number of hydrogen-bond donors (Lipinski definition) is 1. The SMILES string of the molecule is CCCCCCNCc1cccc(OCC)c1. The van der Waals surface area contributed by atoms with Crippen LogP contribution in [0.25, 0.3) is 0 Å². The third-order valence-electron chi connectivity index (χ3n) is 2.75. The van der Waals surface area contributed by atoms with Crippen LogP contribution in [-0.4, -0.2) is 13.2 Å². The summed E-state index contributed by atoms with van der Waals surface area (Å²) in [4.78, 5) is 0. The van der Waals surface area contributed by atoms with E-state index in [1.807, 2.05) is 13.0 Å². The Morgan fingerprint density at radius 2 is 2.00 bits per heavy atom. The molecule has 0 radical (unpaired) electrons. The van der Waals surface area contributed by atoms with Gasteiger partial charge in [-0.05, 0) is 37.6 Å². The van der Waals surface area contributed by atoms with Crippen LogP contribution in [0.15, 0.2) is 24.3 Å². The average Bonchev–Trinajstić information content (AvgIpc) is 2.35. The van der Waals surface area contributed by atoms with Crippen molar-refractivity contribution in [1.82, 2.24) is 5.32 Å². The molecule has 0 aromatic heterocycles. The Labute approximate surface area is 105 Å². The van der Waals surface area contributed by atoms with Crippen molar-refractivity contribution in [1.29, 1.82) is 0 Å². The standard InChI is InChI=1S/C15H25NO/c1-3-5-6-7-11-16-13-14-9-8-10-15(12-14)17-4-2/h8-10,12,16H,3-7,11,13H2,1-2H3. The lowest BCUT2D eigenvalue weighted by atomic mass is 10.2. The van der Waals surface area contributed by atoms with Crippen molar-refractivity contribution in [2.45, 2.75) is 46.1 Å². The van der Waals surface area contributed by atoms with Crippen LogP contribution in [0.4, 0.5) is 0 Å². The molecular weight excluding hydrogens is 210 g/mol. The van der Waals surface area contributed by atoms with Crippen LogP contribution in [0.5, 0.6) is 5.75 Å². The molecule has 2 heteroatoms. The summed E-state index contributed by atoms with van der Waals surface area (Å²) in [6, 6.07) is 8.32. The number of rotatable bonds is 9. The first-order valence-electron chi connectivity index (χ1n) is 6.79. The molecule has 0 atom stereocenters. The molecule has 96 valence electrons. The molecule has 1 rings (SSSR count). The van der Waals surface area contributed by atoms with Crippen LogP contribution < -0.4 is 10.1 Å². The van der Waals surface area contributed by atoms with Gasteiger partial charge in [-0.3, -0.25) is 0 Å². The van der Waals surface area contributed by atoms with Crippen LogP contribution in [0.3, 0.4) is 0 Å². The molecule has 0 fully saturated rings. The van der Waals surface area contributed by atoms with E-state index in [0.29, 0.717) is 0 Å². The van der Waals surface area contributed by atoms with E-state index in [4.69, 9.17) is 4.74 Å². The molecule has 0 saturated carbocycles. The molecule has 0 aliphatic carbocycles. The van der Waals surface area contributed by atoms with Crippen molar-refractivity contribution >= 4 is 0 Å². The number of ether oxygens (including phenoxy) is 1. The van der Waals surface area contributed by atoms with E-state index >= 15 is 0 Å². The lowest BCUT2D eigenvalue weighted by Crippen LogP contribution is -2.14. The van der Waals surface area contributed by atoms with E-state index < -0.39 is 0 Å². The van der Waals surface area contributed by atoms with E-state index in [0.717, 1.165) is 25.4 Å². The van der Waals surface area contributed by atoms with Crippen molar-refractivity contribution < 1.29 is 4.74 Å². The minimum absolute atomic E-state index is 0.730. The first-order valence-corrected chi connectivity index (χ1v) is 6.79. The fraction of sp³-hybridized carbons (Fsp3) is 0.600. The molecule has 0 aliphatic heterocycles. The molecule has 0 amide bonds. The van der Waals surface area contributed by atoms with E-state index in [2.05, 4.69) is 30.4 Å². The van der Waals surface area contributed by atoms with Crippen molar-refractivity contribution in [2.24, 2.45) is 0 Å². The summed E-state index contributed by atoms with van der Waals surface area (Å²) in [5.74, 6) is 0.970. The fourth-order valence-electron chi connectivity index (χ4n) is 1.82. The quantitative estimate of drug-likeness (QED) is 0.658. The second-order valence-electron chi connectivity index (χ2n) is 4.32. The van der Waals surface area contributed by atoms with E-state index in [1.165, 1.54) is 31.2 Å². The Balaban J connectivity index is 2.19. The zero-order chi connectivity index (χ0) is 12.3. The van der Waals surface area contributed by atoms with Crippen LogP contribution in [0, 0.1) is 0 Å². The largest absolute Gasteiger partial charge is 0.494 e. The second kappa shape index (κ2) is 9.06. The Morgan fingerprint density at radius 1 is 1.12 bits per heavy atom. The normalized spacial score (nSPS) is 10.5. The summed E-state index contributed by atoms with van der Waals surface area (Å²) >= 11 is 0. The monoisotopic (exact) mass is 235 g/mol. The molecule has 0 aliphatic rings. The maximum Gasteiger partial charge on any atom is 0.119 e. The van der Waals surface area contributed by atoms with E-state index in [9.17, 15) is 0 Å². The van der Waals surface area contributed by atoms with Crippen LogP contribution in [0.1, 0.15) is 45.1 Å². The minimum Gasteiger partial charge on any atom is -0.494 e. The predicted octanol–water partition coefficient (Wildman–Crippen LogP) is 3.76. The van der Waals surface area contributed by atoms with E-state index in [1.54, 1.807) is 0 Å². The Kier molecular flexibility index (Phi) is 7.48. The molecule has 0 saturated heterocycles. The third-order valence-corrected chi connectivity index (χ3v) is 2.75. The average molecular weight is 235 g/mol. The highest BCUT2D eigenvalue weighted by molar-refractivity contribution is 5.28. The molecular formula is C15H25NO. The van der Waals surface area contributed by atoms with Gasteiger partial charge in [0.1, 0.15) is 5.75 Å². The van der Waals surface area contributed by atoms with Gasteiger partial charge in [0.2, 0.25) is 0 Å². The molecule has 1 aromatic rings. The first kappa shape index (κ1) is 14.0. The van der Waals surface area contributed by atoms with Crippen molar-refractivity contribution in [3.05, 3.63) is 29.8 Å². The van der Waals surface area contributed by atoms with E-state index in [-0.39, 0.29) is 0 Å². The van der Waals surface area contributed by atoms with Crippen LogP contribution in [-0.2, 0) is 6.54 Å². The Bertz CT molecular complexity index is 299. The highest BCUT2D eigenvalue weighted by Gasteiger charge is 1.96. The number of hydrogen-bond acceptors (Lipinski definition) is 2. The Hall–Kier alpha value is -1.02. The maximum absolute atomic E-state index is 5.48. The zero-order valence-corrected chi connectivity index (χ0v) is 11.2. The summed E-state index contributed by atoms with van der Waals surface area (Å²) in [6.07, 6.45) is 5.26. The van der Waals surface area contributed by atoms with Crippen LogP contribution in [0.2, 0.25) is 0 Å². The number of nitrogens with one attached hydrogen (secondary N) is 1. The second-order valence-corrected chi connectivity index (χ2v) is 4.32. The Morgan fingerprint density at radius 3 is 2.76 bits per heavy atom. The van der Waals surface area contributed by atoms with Gasteiger partial charge in [-0.25, -0.2) is 0 Å². The molecule has 1 aromatic carbocycles. The van der Waals surface area contributed by atoms with Gasteiger partial charge >= 0.3 is 0 Å². The number of unbranched alkanes of at least 4 members (excludes halogenated alkanes) is 3. The lowest BCUT2D eigenvalue weighted by Gasteiger charge is -2.07. The van der Waals surface area contributed by atoms with Gasteiger partial charge in [-0.1, -0.05) is 38.3 Å². The topological polar surface area (TPSA) is 21.3 Å². The zero-order valence-electron chi connectivity index (χ0n) is 11.2. The maximum atomic E-state index is 5.48. The van der Waals surface area contributed by atoms with Crippen LogP contribution >= 0.6 is 0 Å². The molecule has 0 spiro atoms. The highest BCUT2D eigenvalue weighted by Crippen LogP contribution is 2.12. The van der Waals surface area contributed by atoms with Gasteiger partial charge in [0, 0.05) is 6.54 Å². The summed E-state index contributed by atoms with van der Waals surface area (Å²) in [7, 11) is 0. The predicted molar refractivity (Wildman–Crippen MR) is 73.5 cm³/mol. The summed E-state index contributed by atoms with van der Waals surface area (Å²) < 4.78 is 5.48. The van der Waals surface area contributed by atoms with Crippen molar-refractivity contribution in [3.8, 4) is 5.75 Å². The molecule has 17 heavy (non-hydrogen) atoms. The first-order chi connectivity index (χ1) is 8.36. The molecule has 0 bridgehead atoms. The molecule has 0 unspecified atom stereocenters. The highest BCUT2D eigenvalue weighted by atomic mass is 16.5. The van der Waals surface area contributed by atoms with Crippen molar-refractivity contribution in [3.63, 3.8) is 0 Å². The number of benzene rings is 1. The van der Waals surface area contributed by atoms with Gasteiger partial charge in [0.25, 0.3) is 0 Å². The lowest BCUT2D eigenvalue weighted by molar-refractivity contribution is 0.340.